The van der Waals surface area contributed by atoms with Crippen LogP contribution in [0.4, 0.5) is 0 Å². The van der Waals surface area contributed by atoms with Gasteiger partial charge in [-0.15, -0.1) is 0 Å². The van der Waals surface area contributed by atoms with Gasteiger partial charge < -0.3 is 15.1 Å². The van der Waals surface area contributed by atoms with Crippen molar-refractivity contribution in [3.05, 3.63) is 57.0 Å². The highest BCUT2D eigenvalue weighted by atomic mass is 79.9. The molecular formula is C16H12Br2N4O2. The predicted octanol–water partition coefficient (Wildman–Crippen LogP) is 3.96. The average Bonchev–Trinajstić information content (AvgIpc) is 3.20. The van der Waals surface area contributed by atoms with Gasteiger partial charge in [-0.1, -0.05) is 12.1 Å². The lowest BCUT2D eigenvalue weighted by Gasteiger charge is -1.88. The molecule has 0 saturated carbocycles. The van der Waals surface area contributed by atoms with E-state index in [4.69, 9.17) is 5.11 Å². The summed E-state index contributed by atoms with van der Waals surface area (Å²) < 4.78 is 1.83. The van der Waals surface area contributed by atoms with Crippen LogP contribution in [0, 0.1) is 0 Å². The number of imidazole rings is 2. The van der Waals surface area contributed by atoms with Crippen LogP contribution >= 0.6 is 31.9 Å². The van der Waals surface area contributed by atoms with Crippen molar-refractivity contribution < 1.29 is 9.90 Å². The third-order valence-electron chi connectivity index (χ3n) is 3.26. The number of halogens is 2. The van der Waals surface area contributed by atoms with Gasteiger partial charge in [0.05, 0.1) is 11.0 Å². The fraction of sp³-hybridized carbons (Fsp3) is 0.0625. The maximum Gasteiger partial charge on any atom is 0.185 e. The van der Waals surface area contributed by atoms with Crippen molar-refractivity contribution in [2.45, 2.75) is 6.61 Å². The Labute approximate surface area is 153 Å². The first-order chi connectivity index (χ1) is 11.6. The van der Waals surface area contributed by atoms with Crippen LogP contribution in [0.2, 0.25) is 0 Å². The van der Waals surface area contributed by atoms with Gasteiger partial charge >= 0.3 is 0 Å². The molecule has 0 aliphatic carbocycles. The molecule has 0 amide bonds. The van der Waals surface area contributed by atoms with Crippen LogP contribution in [0.1, 0.15) is 16.4 Å². The van der Waals surface area contributed by atoms with E-state index in [1.54, 1.807) is 0 Å². The number of carbonyl (C=O) groups excluding carboxylic acids is 1. The molecule has 2 aromatic carbocycles. The minimum atomic E-state index is -0.0544. The molecule has 24 heavy (non-hydrogen) atoms. The molecule has 8 heteroatoms. The van der Waals surface area contributed by atoms with E-state index in [0.717, 1.165) is 31.0 Å². The number of para-hydroxylation sites is 2. The molecular weight excluding hydrogens is 440 g/mol. The summed E-state index contributed by atoms with van der Waals surface area (Å²) in [7, 11) is 0. The molecule has 0 atom stereocenters. The second kappa shape index (κ2) is 7.25. The van der Waals surface area contributed by atoms with Crippen LogP contribution in [0.15, 0.2) is 45.3 Å². The zero-order valence-electron chi connectivity index (χ0n) is 12.3. The second-order valence-electron chi connectivity index (χ2n) is 4.85. The van der Waals surface area contributed by atoms with Crippen molar-refractivity contribution in [1.29, 1.82) is 0 Å². The van der Waals surface area contributed by atoms with Gasteiger partial charge in [0, 0.05) is 8.95 Å². The number of H-pyrrole nitrogens is 2. The third kappa shape index (κ3) is 3.40. The number of aldehydes is 1. The Kier molecular flexibility index (Phi) is 5.08. The van der Waals surface area contributed by atoms with E-state index >= 15 is 0 Å². The fourth-order valence-corrected chi connectivity index (χ4v) is 3.10. The number of rotatable bonds is 2. The molecule has 0 aliphatic rings. The Bertz CT molecular complexity index is 1010. The lowest BCUT2D eigenvalue weighted by Crippen LogP contribution is -1.83. The lowest BCUT2D eigenvalue weighted by atomic mass is 10.3. The van der Waals surface area contributed by atoms with Gasteiger partial charge in [0.15, 0.2) is 12.1 Å². The van der Waals surface area contributed by atoms with Gasteiger partial charge in [0.1, 0.15) is 23.5 Å². The molecule has 0 saturated heterocycles. The van der Waals surface area contributed by atoms with Gasteiger partial charge in [-0.05, 0) is 56.1 Å². The topological polar surface area (TPSA) is 94.7 Å². The molecule has 122 valence electrons. The number of aromatic nitrogens is 4. The van der Waals surface area contributed by atoms with E-state index in [-0.39, 0.29) is 6.61 Å². The molecule has 3 N–H and O–H groups in total. The molecule has 0 fully saturated rings. The van der Waals surface area contributed by atoms with E-state index in [9.17, 15) is 4.79 Å². The minimum Gasteiger partial charge on any atom is -0.388 e. The Morgan fingerprint density at radius 2 is 1.54 bits per heavy atom. The quantitative estimate of drug-likeness (QED) is 0.402. The highest BCUT2D eigenvalue weighted by molar-refractivity contribution is 9.11. The van der Waals surface area contributed by atoms with Gasteiger partial charge in [-0.3, -0.25) is 4.79 Å². The highest BCUT2D eigenvalue weighted by Gasteiger charge is 2.04. The first kappa shape index (κ1) is 16.8. The number of nitrogens with one attached hydrogen (secondary N) is 2. The number of benzene rings is 2. The average molecular weight is 452 g/mol. The van der Waals surface area contributed by atoms with Crippen LogP contribution in [0.25, 0.3) is 22.1 Å². The normalized spacial score (nSPS) is 10.6. The van der Waals surface area contributed by atoms with Crippen molar-refractivity contribution in [3.63, 3.8) is 0 Å². The van der Waals surface area contributed by atoms with E-state index in [2.05, 4.69) is 51.8 Å². The van der Waals surface area contributed by atoms with E-state index < -0.39 is 0 Å². The third-order valence-corrected chi connectivity index (χ3v) is 4.54. The molecule has 2 aromatic heterocycles. The van der Waals surface area contributed by atoms with E-state index in [1.165, 1.54) is 0 Å². The molecule has 0 unspecified atom stereocenters. The van der Waals surface area contributed by atoms with Crippen LogP contribution in [-0.2, 0) is 6.61 Å². The van der Waals surface area contributed by atoms with Crippen LogP contribution in [-0.4, -0.2) is 31.3 Å². The number of carbonyl (C=O) groups is 1. The molecule has 0 spiro atoms. The van der Waals surface area contributed by atoms with Crippen LogP contribution in [0.3, 0.4) is 0 Å². The maximum absolute atomic E-state index is 10.4. The SMILES string of the molecule is O=Cc1nc2c(Br)cccc2[nH]1.OCc1nc2c(Br)cccc2[nH]1. The summed E-state index contributed by atoms with van der Waals surface area (Å²) in [5.41, 5.74) is 3.46. The fourth-order valence-electron chi connectivity index (χ4n) is 2.20. The van der Waals surface area contributed by atoms with Gasteiger partial charge in [-0.2, -0.15) is 0 Å². The minimum absolute atomic E-state index is 0.0544. The number of hydrogen-bond acceptors (Lipinski definition) is 4. The maximum atomic E-state index is 10.4. The number of nitrogens with zero attached hydrogens (tertiary/aromatic N) is 2. The van der Waals surface area contributed by atoms with Crippen LogP contribution < -0.4 is 0 Å². The molecule has 0 radical (unpaired) electrons. The molecule has 2 heterocycles. The smallest absolute Gasteiger partial charge is 0.185 e. The molecule has 4 aromatic rings. The number of aromatic amines is 2. The Morgan fingerprint density at radius 1 is 0.958 bits per heavy atom. The summed E-state index contributed by atoms with van der Waals surface area (Å²) in [4.78, 5) is 24.5. The van der Waals surface area contributed by atoms with Crippen LogP contribution in [0.5, 0.6) is 0 Å². The lowest BCUT2D eigenvalue weighted by molar-refractivity contribution is 0.111. The summed E-state index contributed by atoms with van der Waals surface area (Å²) >= 11 is 6.72. The van der Waals surface area contributed by atoms with Gasteiger partial charge in [-0.25, -0.2) is 9.97 Å². The van der Waals surface area contributed by atoms with E-state index in [0.29, 0.717) is 17.9 Å². The zero-order valence-corrected chi connectivity index (χ0v) is 15.4. The Balaban J connectivity index is 0.000000141. The Morgan fingerprint density at radius 3 is 2.04 bits per heavy atom. The van der Waals surface area contributed by atoms with Crippen molar-refractivity contribution in [3.8, 4) is 0 Å². The number of fused-ring (bicyclic) bond motifs is 2. The van der Waals surface area contributed by atoms with Crippen molar-refractivity contribution in [1.82, 2.24) is 19.9 Å². The largest absolute Gasteiger partial charge is 0.388 e. The Hall–Kier alpha value is -2.03. The van der Waals surface area contributed by atoms with E-state index in [1.807, 2.05) is 36.4 Å². The summed E-state index contributed by atoms with van der Waals surface area (Å²) in [6, 6.07) is 11.4. The number of hydrogen-bond donors (Lipinski definition) is 3. The zero-order chi connectivity index (χ0) is 17.1. The summed E-state index contributed by atoms with van der Waals surface area (Å²) in [6.45, 7) is -0.0544. The van der Waals surface area contributed by atoms with Crippen molar-refractivity contribution in [2.24, 2.45) is 0 Å². The van der Waals surface area contributed by atoms with Gasteiger partial charge in [0.25, 0.3) is 0 Å². The first-order valence-corrected chi connectivity index (χ1v) is 8.54. The van der Waals surface area contributed by atoms with Crippen molar-refractivity contribution >= 4 is 60.2 Å². The summed E-state index contributed by atoms with van der Waals surface area (Å²) in [5, 5.41) is 8.82. The standard InChI is InChI=1S/C8H7BrN2O.C8H5BrN2O/c2*9-5-2-1-3-6-8(5)11-7(4-12)10-6/h1-3,12H,4H2,(H,10,11);1-4H,(H,10,11). The summed E-state index contributed by atoms with van der Waals surface area (Å²) in [5.74, 6) is 0.953. The number of aliphatic hydroxyl groups is 1. The number of aliphatic hydroxyl groups excluding tert-OH is 1. The molecule has 0 bridgehead atoms. The second-order valence-corrected chi connectivity index (χ2v) is 6.56. The van der Waals surface area contributed by atoms with Gasteiger partial charge in [0.2, 0.25) is 0 Å². The molecule has 6 nitrogen and oxygen atoms in total. The first-order valence-electron chi connectivity index (χ1n) is 6.95. The molecule has 0 aliphatic heterocycles. The summed E-state index contributed by atoms with van der Waals surface area (Å²) in [6.07, 6.45) is 0.701. The molecule has 4 rings (SSSR count). The van der Waals surface area contributed by atoms with Crippen molar-refractivity contribution in [2.75, 3.05) is 0 Å². The highest BCUT2D eigenvalue weighted by Crippen LogP contribution is 2.21. The predicted molar refractivity (Wildman–Crippen MR) is 98.9 cm³/mol. The monoisotopic (exact) mass is 450 g/mol.